The summed E-state index contributed by atoms with van der Waals surface area (Å²) >= 11 is 0. The third kappa shape index (κ3) is 7.49. The second-order valence-electron chi connectivity index (χ2n) is 10.2. The fourth-order valence-electron chi connectivity index (χ4n) is 5.08. The molecule has 206 valence electrons. The van der Waals surface area contributed by atoms with Gasteiger partial charge in [0.2, 0.25) is 5.79 Å². The Hall–Kier alpha value is -1.55. The third-order valence-electron chi connectivity index (χ3n) is 7.60. The van der Waals surface area contributed by atoms with E-state index < -0.39 is 42.1 Å². The molecule has 8 nitrogen and oxygen atoms in total. The lowest BCUT2D eigenvalue weighted by atomic mass is 9.77. The first-order valence-corrected chi connectivity index (χ1v) is 13.1. The van der Waals surface area contributed by atoms with Gasteiger partial charge in [0.05, 0.1) is 24.4 Å². The minimum Gasteiger partial charge on any atom is -0.460 e. The Balaban J connectivity index is 2.10. The third-order valence-corrected chi connectivity index (χ3v) is 7.60. The number of esters is 1. The zero-order valence-electron chi connectivity index (χ0n) is 22.6. The quantitative estimate of drug-likeness (QED) is 0.326. The van der Waals surface area contributed by atoms with Gasteiger partial charge in [-0.2, -0.15) is 0 Å². The van der Waals surface area contributed by atoms with Crippen molar-refractivity contribution in [1.82, 2.24) is 0 Å². The number of benzene rings is 1. The maximum atomic E-state index is 12.9. The van der Waals surface area contributed by atoms with Crippen molar-refractivity contribution in [2.45, 2.75) is 103 Å². The molecule has 1 aliphatic heterocycles. The minimum absolute atomic E-state index is 0.0626. The number of hydrogen-bond acceptors (Lipinski definition) is 8. The number of unbranched alkanes of at least 4 members (excludes halogenated alkanes) is 1. The molecule has 1 aromatic carbocycles. The number of aliphatic hydroxyl groups excluding tert-OH is 2. The second-order valence-corrected chi connectivity index (χ2v) is 10.2. The smallest absolute Gasteiger partial charge is 0.314 e. The summed E-state index contributed by atoms with van der Waals surface area (Å²) in [6.45, 7) is 7.48. The van der Waals surface area contributed by atoms with Crippen LogP contribution >= 0.6 is 0 Å². The van der Waals surface area contributed by atoms with Gasteiger partial charge < -0.3 is 34.3 Å². The molecule has 0 aliphatic carbocycles. The van der Waals surface area contributed by atoms with E-state index in [2.05, 4.69) is 6.92 Å². The second kappa shape index (κ2) is 14.4. The molecule has 2 rings (SSSR count). The van der Waals surface area contributed by atoms with Crippen LogP contribution in [0, 0.1) is 17.8 Å². The Bertz CT molecular complexity index is 774. The summed E-state index contributed by atoms with van der Waals surface area (Å²) in [5.41, 5.74) is 0.824. The number of ether oxygens (including phenoxy) is 4. The first kappa shape index (κ1) is 30.7. The van der Waals surface area contributed by atoms with Crippen LogP contribution < -0.4 is 0 Å². The van der Waals surface area contributed by atoms with Crippen molar-refractivity contribution in [3.8, 4) is 0 Å². The number of methoxy groups -OCH3 is 2. The summed E-state index contributed by atoms with van der Waals surface area (Å²) in [4.78, 5) is 12.9. The van der Waals surface area contributed by atoms with Gasteiger partial charge in [-0.25, -0.2) is 0 Å². The van der Waals surface area contributed by atoms with Crippen LogP contribution in [0.1, 0.15) is 65.4 Å². The summed E-state index contributed by atoms with van der Waals surface area (Å²) in [6.07, 6.45) is 0.261. The highest BCUT2D eigenvalue weighted by atomic mass is 16.7. The van der Waals surface area contributed by atoms with Crippen LogP contribution in [0.3, 0.4) is 0 Å². The Labute approximate surface area is 215 Å². The molecule has 1 fully saturated rings. The number of carbonyl (C=O) groups excluding carboxylic acids is 1. The number of hydrogen-bond donors (Lipinski definition) is 3. The first-order chi connectivity index (χ1) is 17.1. The summed E-state index contributed by atoms with van der Waals surface area (Å²) in [7, 11) is 2.98. The van der Waals surface area contributed by atoms with Gasteiger partial charge >= 0.3 is 5.97 Å². The minimum atomic E-state index is -2.08. The fourth-order valence-corrected chi connectivity index (χ4v) is 5.08. The summed E-state index contributed by atoms with van der Waals surface area (Å²) in [5.74, 6) is -4.33. The lowest BCUT2D eigenvalue weighted by molar-refractivity contribution is -0.362. The molecule has 1 heterocycles. The van der Waals surface area contributed by atoms with Crippen molar-refractivity contribution in [3.05, 3.63) is 35.9 Å². The van der Waals surface area contributed by atoms with Crippen LogP contribution in [0.4, 0.5) is 0 Å². The highest BCUT2D eigenvalue weighted by Gasteiger charge is 2.58. The van der Waals surface area contributed by atoms with Crippen LogP contribution in [-0.4, -0.2) is 71.8 Å². The average molecular weight is 511 g/mol. The molecule has 0 spiro atoms. The molecular weight excluding hydrogens is 464 g/mol. The predicted molar refractivity (Wildman–Crippen MR) is 136 cm³/mol. The van der Waals surface area contributed by atoms with Gasteiger partial charge in [0, 0.05) is 20.1 Å². The zero-order valence-corrected chi connectivity index (χ0v) is 22.6. The topological polar surface area (TPSA) is 115 Å². The summed E-state index contributed by atoms with van der Waals surface area (Å²) in [6, 6.07) is 9.26. The average Bonchev–Trinajstić information content (AvgIpc) is 2.88. The maximum absolute atomic E-state index is 12.9. The molecule has 0 amide bonds. The molecule has 0 unspecified atom stereocenters. The van der Waals surface area contributed by atoms with E-state index in [1.54, 1.807) is 7.11 Å². The van der Waals surface area contributed by atoms with Gasteiger partial charge in [-0.05, 0) is 37.7 Å². The first-order valence-electron chi connectivity index (χ1n) is 13.1. The zero-order chi connectivity index (χ0) is 26.9. The van der Waals surface area contributed by atoms with Crippen LogP contribution in [0.15, 0.2) is 30.3 Å². The molecule has 0 radical (unpaired) electrons. The van der Waals surface area contributed by atoms with E-state index in [1.165, 1.54) is 14.0 Å². The number of rotatable bonds is 14. The van der Waals surface area contributed by atoms with E-state index in [9.17, 15) is 20.1 Å². The van der Waals surface area contributed by atoms with Crippen molar-refractivity contribution in [2.24, 2.45) is 17.8 Å². The van der Waals surface area contributed by atoms with Gasteiger partial charge in [0.15, 0.2) is 0 Å². The molecule has 9 atom stereocenters. The molecule has 0 aromatic heterocycles. The molecule has 0 bridgehead atoms. The van der Waals surface area contributed by atoms with Gasteiger partial charge in [-0.3, -0.25) is 4.79 Å². The highest BCUT2D eigenvalue weighted by molar-refractivity contribution is 5.73. The molecule has 8 heteroatoms. The Morgan fingerprint density at radius 3 is 2.39 bits per heavy atom. The highest BCUT2D eigenvalue weighted by Crippen LogP contribution is 2.41. The van der Waals surface area contributed by atoms with Gasteiger partial charge in [0.25, 0.3) is 0 Å². The van der Waals surface area contributed by atoms with Crippen molar-refractivity contribution in [2.75, 3.05) is 14.2 Å². The lowest BCUT2D eigenvalue weighted by Gasteiger charge is -2.51. The van der Waals surface area contributed by atoms with E-state index in [4.69, 9.17) is 18.9 Å². The SMILES string of the molecule is CCCC[C@H](OC)[C@H](O)CC[C@H](C)[C@@H]1O[C@](O)([C@H](C)C(=O)OCc2ccccc2)[C@H](OC)[C@@H](O)[C@@H]1C. The van der Waals surface area contributed by atoms with E-state index in [0.717, 1.165) is 24.8 Å². The molecule has 1 aromatic rings. The van der Waals surface area contributed by atoms with Crippen LogP contribution in [0.5, 0.6) is 0 Å². The molecule has 1 aliphatic rings. The predicted octanol–water partition coefficient (Wildman–Crippen LogP) is 3.45. The molecule has 1 saturated heterocycles. The van der Waals surface area contributed by atoms with Gasteiger partial charge in [0.1, 0.15) is 18.6 Å². The summed E-state index contributed by atoms with van der Waals surface area (Å²) in [5, 5.41) is 33.3. The van der Waals surface area contributed by atoms with Crippen molar-refractivity contribution < 1.29 is 39.1 Å². The maximum Gasteiger partial charge on any atom is 0.314 e. The molecule has 0 saturated carbocycles. The van der Waals surface area contributed by atoms with E-state index >= 15 is 0 Å². The van der Waals surface area contributed by atoms with Crippen molar-refractivity contribution >= 4 is 5.97 Å². The normalized spacial score (nSPS) is 29.8. The van der Waals surface area contributed by atoms with Crippen molar-refractivity contribution in [1.29, 1.82) is 0 Å². The van der Waals surface area contributed by atoms with Gasteiger partial charge in [-0.1, -0.05) is 63.9 Å². The molecule has 36 heavy (non-hydrogen) atoms. The fraction of sp³-hybridized carbons (Fsp3) is 0.750. The monoisotopic (exact) mass is 510 g/mol. The van der Waals surface area contributed by atoms with E-state index in [1.807, 2.05) is 44.2 Å². The van der Waals surface area contributed by atoms with E-state index in [0.29, 0.717) is 12.8 Å². The molecule has 3 N–H and O–H groups in total. The lowest BCUT2D eigenvalue weighted by Crippen LogP contribution is -2.67. The summed E-state index contributed by atoms with van der Waals surface area (Å²) < 4.78 is 22.6. The Kier molecular flexibility index (Phi) is 12.3. The number of aliphatic hydroxyl groups is 3. The van der Waals surface area contributed by atoms with Crippen LogP contribution in [0.25, 0.3) is 0 Å². The van der Waals surface area contributed by atoms with E-state index in [-0.39, 0.29) is 24.5 Å². The standard InChI is InChI=1S/C28H46O8/c1-7-8-14-23(33-5)22(29)16-15-18(2)25-19(3)24(30)26(34-6)28(32,36-25)20(4)27(31)35-17-21-12-10-9-11-13-21/h9-13,18-20,22-26,29-30,32H,7-8,14-17H2,1-6H3/t18-,19-,20+,22+,23-,24-,25-,26+,28+/m0/s1. The van der Waals surface area contributed by atoms with Crippen molar-refractivity contribution in [3.63, 3.8) is 0 Å². The van der Waals surface area contributed by atoms with Crippen LogP contribution in [0.2, 0.25) is 0 Å². The van der Waals surface area contributed by atoms with Crippen LogP contribution in [-0.2, 0) is 30.3 Å². The molecular formula is C28H46O8. The largest absolute Gasteiger partial charge is 0.460 e. The Morgan fingerprint density at radius 1 is 1.14 bits per heavy atom. The Morgan fingerprint density at radius 2 is 1.81 bits per heavy atom. The van der Waals surface area contributed by atoms with Gasteiger partial charge in [-0.15, -0.1) is 0 Å². The number of carbonyl (C=O) groups is 1.